The average Bonchev–Trinajstić information content (AvgIpc) is 2.77. The number of non-ortho nitro benzene ring substituents is 1. The van der Waals surface area contributed by atoms with Gasteiger partial charge < -0.3 is 10.6 Å². The van der Waals surface area contributed by atoms with E-state index in [1.54, 1.807) is 18.3 Å². The van der Waals surface area contributed by atoms with Crippen LogP contribution in [0, 0.1) is 16.0 Å². The molecule has 0 radical (unpaired) electrons. The van der Waals surface area contributed by atoms with Crippen LogP contribution in [0.1, 0.15) is 6.92 Å². The Morgan fingerprint density at radius 3 is 2.85 bits per heavy atom. The number of nitro groups is 1. The lowest BCUT2D eigenvalue weighted by molar-refractivity contribution is -0.383. The van der Waals surface area contributed by atoms with Crippen molar-refractivity contribution in [2.75, 3.05) is 18.0 Å². The number of hydrogen-bond acceptors (Lipinski definition) is 5. The summed E-state index contributed by atoms with van der Waals surface area (Å²) < 4.78 is 0. The minimum Gasteiger partial charge on any atom is -0.369 e. The zero-order valence-corrected chi connectivity index (χ0v) is 11.2. The first kappa shape index (κ1) is 12.8. The first-order chi connectivity index (χ1) is 9.58. The highest BCUT2D eigenvalue weighted by Crippen LogP contribution is 2.34. The van der Waals surface area contributed by atoms with Crippen molar-refractivity contribution in [1.29, 1.82) is 0 Å². The summed E-state index contributed by atoms with van der Waals surface area (Å²) in [7, 11) is 0. The van der Waals surface area contributed by atoms with Crippen molar-refractivity contribution in [3.05, 3.63) is 40.6 Å². The Kier molecular flexibility index (Phi) is 3.02. The maximum atomic E-state index is 11.1. The monoisotopic (exact) mass is 272 g/mol. The molecule has 2 atom stereocenters. The number of nitro benzene ring substituents is 1. The standard InChI is InChI=1S/C14H16N4O2/c1-9-7-17(8-11(9)15)12-4-5-13(18(19)20)14-10(12)3-2-6-16-14/h2-6,9,11H,7-8,15H2,1H3. The van der Waals surface area contributed by atoms with Gasteiger partial charge in [0.05, 0.1) is 4.92 Å². The lowest BCUT2D eigenvalue weighted by Gasteiger charge is -2.20. The molecule has 1 saturated heterocycles. The summed E-state index contributed by atoms with van der Waals surface area (Å²) in [5.74, 6) is 0.414. The third kappa shape index (κ3) is 1.98. The Bertz CT molecular complexity index is 663. The summed E-state index contributed by atoms with van der Waals surface area (Å²) >= 11 is 0. The summed E-state index contributed by atoms with van der Waals surface area (Å²) in [6.07, 6.45) is 1.58. The van der Waals surface area contributed by atoms with E-state index in [9.17, 15) is 10.1 Å². The second kappa shape index (κ2) is 4.72. The van der Waals surface area contributed by atoms with Gasteiger partial charge in [0.1, 0.15) is 5.52 Å². The van der Waals surface area contributed by atoms with Crippen molar-refractivity contribution in [1.82, 2.24) is 4.98 Å². The van der Waals surface area contributed by atoms with Gasteiger partial charge in [0.15, 0.2) is 0 Å². The number of pyridine rings is 1. The third-order valence-corrected chi connectivity index (χ3v) is 3.93. The smallest absolute Gasteiger partial charge is 0.295 e. The molecule has 0 saturated carbocycles. The van der Waals surface area contributed by atoms with E-state index >= 15 is 0 Å². The second-order valence-corrected chi connectivity index (χ2v) is 5.31. The molecule has 1 aliphatic heterocycles. The molecule has 1 aromatic carbocycles. The topological polar surface area (TPSA) is 85.3 Å². The summed E-state index contributed by atoms with van der Waals surface area (Å²) in [5, 5.41) is 11.9. The maximum Gasteiger partial charge on any atom is 0.295 e. The summed E-state index contributed by atoms with van der Waals surface area (Å²) in [6.45, 7) is 3.75. The number of nitrogens with zero attached hydrogens (tertiary/aromatic N) is 3. The minimum absolute atomic E-state index is 0.0425. The lowest BCUT2D eigenvalue weighted by atomic mass is 10.1. The average molecular weight is 272 g/mol. The Morgan fingerprint density at radius 1 is 1.40 bits per heavy atom. The largest absolute Gasteiger partial charge is 0.369 e. The fourth-order valence-corrected chi connectivity index (χ4v) is 2.75. The van der Waals surface area contributed by atoms with Gasteiger partial charge in [0.25, 0.3) is 5.69 Å². The number of aromatic nitrogens is 1. The molecule has 0 amide bonds. The van der Waals surface area contributed by atoms with Gasteiger partial charge in [-0.25, -0.2) is 4.98 Å². The molecule has 104 valence electrons. The maximum absolute atomic E-state index is 11.1. The van der Waals surface area contributed by atoms with Crippen LogP contribution in [0.25, 0.3) is 10.9 Å². The van der Waals surface area contributed by atoms with E-state index in [1.165, 1.54) is 6.07 Å². The molecule has 1 aliphatic rings. The number of fused-ring (bicyclic) bond motifs is 1. The Balaban J connectivity index is 2.14. The van der Waals surface area contributed by atoms with Gasteiger partial charge in [-0.3, -0.25) is 10.1 Å². The van der Waals surface area contributed by atoms with Crippen molar-refractivity contribution in [3.63, 3.8) is 0 Å². The minimum atomic E-state index is -0.391. The Hall–Kier alpha value is -2.21. The van der Waals surface area contributed by atoms with Crippen LogP contribution in [0.2, 0.25) is 0 Å². The molecule has 6 heteroatoms. The van der Waals surface area contributed by atoms with Gasteiger partial charge in [0.2, 0.25) is 0 Å². The van der Waals surface area contributed by atoms with Gasteiger partial charge in [0, 0.05) is 42.5 Å². The number of nitrogens with two attached hydrogens (primary N) is 1. The van der Waals surface area contributed by atoms with Crippen LogP contribution < -0.4 is 10.6 Å². The molecule has 0 bridgehead atoms. The molecule has 2 unspecified atom stereocenters. The molecular formula is C14H16N4O2. The number of anilines is 1. The highest BCUT2D eigenvalue weighted by atomic mass is 16.6. The summed E-state index contributed by atoms with van der Waals surface area (Å²) in [5.41, 5.74) is 7.51. The fourth-order valence-electron chi connectivity index (χ4n) is 2.75. The van der Waals surface area contributed by atoms with Crippen molar-refractivity contribution < 1.29 is 4.92 Å². The van der Waals surface area contributed by atoms with Crippen LogP contribution in [0.15, 0.2) is 30.5 Å². The van der Waals surface area contributed by atoms with E-state index in [-0.39, 0.29) is 11.7 Å². The molecule has 2 aromatic rings. The van der Waals surface area contributed by atoms with Crippen LogP contribution in [0.3, 0.4) is 0 Å². The molecule has 20 heavy (non-hydrogen) atoms. The number of benzene rings is 1. The predicted octanol–water partition coefficient (Wildman–Crippen LogP) is 1.93. The summed E-state index contributed by atoms with van der Waals surface area (Å²) in [6, 6.07) is 7.14. The van der Waals surface area contributed by atoms with Gasteiger partial charge in [-0.2, -0.15) is 0 Å². The van der Waals surface area contributed by atoms with Crippen LogP contribution in [0.5, 0.6) is 0 Å². The molecule has 2 N–H and O–H groups in total. The summed E-state index contributed by atoms with van der Waals surface area (Å²) in [4.78, 5) is 17.0. The van der Waals surface area contributed by atoms with E-state index in [1.807, 2.05) is 6.07 Å². The van der Waals surface area contributed by atoms with Crippen molar-refractivity contribution in [2.45, 2.75) is 13.0 Å². The van der Waals surface area contributed by atoms with Crippen LogP contribution >= 0.6 is 0 Å². The zero-order valence-electron chi connectivity index (χ0n) is 11.2. The number of rotatable bonds is 2. The van der Waals surface area contributed by atoms with E-state index in [0.29, 0.717) is 11.4 Å². The van der Waals surface area contributed by atoms with Gasteiger partial charge >= 0.3 is 0 Å². The second-order valence-electron chi connectivity index (χ2n) is 5.31. The van der Waals surface area contributed by atoms with E-state index < -0.39 is 4.92 Å². The van der Waals surface area contributed by atoms with Crippen molar-refractivity contribution >= 4 is 22.3 Å². The van der Waals surface area contributed by atoms with Crippen LogP contribution in [0.4, 0.5) is 11.4 Å². The lowest BCUT2D eigenvalue weighted by Crippen LogP contribution is -2.28. The first-order valence-corrected chi connectivity index (χ1v) is 6.60. The molecule has 1 aromatic heterocycles. The van der Waals surface area contributed by atoms with Crippen LogP contribution in [-0.2, 0) is 0 Å². The molecule has 3 rings (SSSR count). The molecular weight excluding hydrogens is 256 g/mol. The molecule has 0 aliphatic carbocycles. The third-order valence-electron chi connectivity index (χ3n) is 3.93. The van der Waals surface area contributed by atoms with Gasteiger partial charge in [-0.15, -0.1) is 0 Å². The Labute approximate surface area is 116 Å². The SMILES string of the molecule is CC1CN(c2ccc([N+](=O)[O-])c3ncccc23)CC1N. The predicted molar refractivity (Wildman–Crippen MR) is 77.7 cm³/mol. The first-order valence-electron chi connectivity index (χ1n) is 6.60. The Morgan fingerprint density at radius 2 is 2.20 bits per heavy atom. The molecule has 6 nitrogen and oxygen atoms in total. The van der Waals surface area contributed by atoms with Gasteiger partial charge in [-0.05, 0) is 24.1 Å². The molecule has 2 heterocycles. The van der Waals surface area contributed by atoms with Crippen LogP contribution in [-0.4, -0.2) is 29.0 Å². The highest BCUT2D eigenvalue weighted by Gasteiger charge is 2.28. The fraction of sp³-hybridized carbons (Fsp3) is 0.357. The zero-order chi connectivity index (χ0) is 14.3. The highest BCUT2D eigenvalue weighted by molar-refractivity contribution is 5.97. The van der Waals surface area contributed by atoms with E-state index in [2.05, 4.69) is 16.8 Å². The van der Waals surface area contributed by atoms with E-state index in [4.69, 9.17) is 5.73 Å². The molecule has 1 fully saturated rings. The van der Waals surface area contributed by atoms with Gasteiger partial charge in [-0.1, -0.05) is 6.92 Å². The number of hydrogen-bond donors (Lipinski definition) is 1. The normalized spacial score (nSPS) is 22.4. The quantitative estimate of drug-likeness (QED) is 0.667. The molecule has 0 spiro atoms. The van der Waals surface area contributed by atoms with Crippen molar-refractivity contribution in [2.24, 2.45) is 11.7 Å². The van der Waals surface area contributed by atoms with E-state index in [0.717, 1.165) is 24.2 Å². The van der Waals surface area contributed by atoms with Crippen molar-refractivity contribution in [3.8, 4) is 0 Å².